The zero-order chi connectivity index (χ0) is 17.2. The van der Waals surface area contributed by atoms with Gasteiger partial charge in [-0.2, -0.15) is 13.2 Å². The fourth-order valence-electron chi connectivity index (χ4n) is 3.01. The van der Waals surface area contributed by atoms with Crippen molar-refractivity contribution in [3.8, 4) is 0 Å². The summed E-state index contributed by atoms with van der Waals surface area (Å²) in [7, 11) is 0. The maximum atomic E-state index is 13.3. The molecule has 0 N–H and O–H groups in total. The Labute approximate surface area is 137 Å². The minimum atomic E-state index is -4.59. The van der Waals surface area contributed by atoms with Crippen LogP contribution in [0.5, 0.6) is 0 Å². The average Bonchev–Trinajstić information content (AvgIpc) is 3.01. The van der Waals surface area contributed by atoms with Gasteiger partial charge in [0.1, 0.15) is 0 Å². The van der Waals surface area contributed by atoms with E-state index in [1.54, 1.807) is 6.07 Å². The molecule has 2 saturated heterocycles. The number of benzene rings is 1. The number of halogens is 3. The van der Waals surface area contributed by atoms with Crippen LogP contribution in [0.1, 0.15) is 18.4 Å². The molecule has 7 heteroatoms. The molecule has 130 valence electrons. The van der Waals surface area contributed by atoms with Gasteiger partial charge in [0, 0.05) is 32.0 Å². The van der Waals surface area contributed by atoms with Crippen LogP contribution in [0, 0.1) is 0 Å². The average molecular weight is 341 g/mol. The first-order chi connectivity index (χ1) is 11.4. The van der Waals surface area contributed by atoms with Crippen LogP contribution in [-0.4, -0.2) is 49.1 Å². The predicted octanol–water partition coefficient (Wildman–Crippen LogP) is 3.00. The van der Waals surface area contributed by atoms with Gasteiger partial charge in [-0.25, -0.2) is 0 Å². The van der Waals surface area contributed by atoms with Gasteiger partial charge in [0.15, 0.2) is 5.79 Å². The molecule has 2 aliphatic heterocycles. The minimum absolute atomic E-state index is 0.0192. The van der Waals surface area contributed by atoms with Crippen molar-refractivity contribution in [1.82, 2.24) is 4.90 Å². The molecule has 0 aliphatic carbocycles. The monoisotopic (exact) mass is 341 g/mol. The highest BCUT2D eigenvalue weighted by Gasteiger charge is 2.41. The molecular weight excluding hydrogens is 323 g/mol. The number of amides is 1. The molecule has 0 saturated carbocycles. The first-order valence-corrected chi connectivity index (χ1v) is 7.81. The Morgan fingerprint density at radius 2 is 1.67 bits per heavy atom. The second-order valence-corrected chi connectivity index (χ2v) is 5.85. The van der Waals surface area contributed by atoms with Crippen molar-refractivity contribution in [3.63, 3.8) is 0 Å². The standard InChI is InChI=1S/C17H18F3NO3/c18-17(19,20)14(13-4-2-1-3-5-13)12-15(22)21-8-6-16(7-9-21)23-10-11-24-16/h1-5,12H,6-11H2. The van der Waals surface area contributed by atoms with E-state index < -0.39 is 23.4 Å². The van der Waals surface area contributed by atoms with Gasteiger partial charge in [-0.3, -0.25) is 4.79 Å². The molecule has 4 nitrogen and oxygen atoms in total. The van der Waals surface area contributed by atoms with Gasteiger partial charge >= 0.3 is 6.18 Å². The summed E-state index contributed by atoms with van der Waals surface area (Å²) in [6.45, 7) is 1.66. The molecule has 0 bridgehead atoms. The first-order valence-electron chi connectivity index (χ1n) is 7.81. The molecule has 24 heavy (non-hydrogen) atoms. The Balaban J connectivity index is 1.74. The molecule has 0 unspecified atom stereocenters. The van der Waals surface area contributed by atoms with Crippen molar-refractivity contribution in [2.24, 2.45) is 0 Å². The maximum absolute atomic E-state index is 13.3. The van der Waals surface area contributed by atoms with Crippen LogP contribution in [0.3, 0.4) is 0 Å². The number of piperidine rings is 1. The fourth-order valence-corrected chi connectivity index (χ4v) is 3.01. The zero-order valence-electron chi connectivity index (χ0n) is 13.0. The molecule has 1 spiro atoms. The molecular formula is C17H18F3NO3. The van der Waals surface area contributed by atoms with E-state index in [0.29, 0.717) is 45.2 Å². The molecule has 0 atom stereocenters. The van der Waals surface area contributed by atoms with Gasteiger partial charge in [0.25, 0.3) is 0 Å². The second-order valence-electron chi connectivity index (χ2n) is 5.85. The minimum Gasteiger partial charge on any atom is -0.347 e. The summed E-state index contributed by atoms with van der Waals surface area (Å²) < 4.78 is 51.0. The van der Waals surface area contributed by atoms with E-state index >= 15 is 0 Å². The van der Waals surface area contributed by atoms with E-state index in [1.165, 1.54) is 29.2 Å². The van der Waals surface area contributed by atoms with Gasteiger partial charge in [0.2, 0.25) is 5.91 Å². The van der Waals surface area contributed by atoms with Crippen molar-refractivity contribution >= 4 is 11.5 Å². The van der Waals surface area contributed by atoms with E-state index in [-0.39, 0.29) is 5.56 Å². The van der Waals surface area contributed by atoms with Crippen LogP contribution < -0.4 is 0 Å². The van der Waals surface area contributed by atoms with Crippen molar-refractivity contribution in [2.45, 2.75) is 24.8 Å². The van der Waals surface area contributed by atoms with Crippen LogP contribution in [0.2, 0.25) is 0 Å². The topological polar surface area (TPSA) is 38.8 Å². The highest BCUT2D eigenvalue weighted by molar-refractivity contribution is 5.96. The third-order valence-corrected chi connectivity index (χ3v) is 4.31. The van der Waals surface area contributed by atoms with Crippen molar-refractivity contribution < 1.29 is 27.4 Å². The largest absolute Gasteiger partial charge is 0.417 e. The molecule has 1 aromatic carbocycles. The number of rotatable bonds is 2. The van der Waals surface area contributed by atoms with E-state index in [1.807, 2.05) is 0 Å². The van der Waals surface area contributed by atoms with Gasteiger partial charge in [-0.15, -0.1) is 0 Å². The molecule has 2 heterocycles. The van der Waals surface area contributed by atoms with Crippen LogP contribution in [0.25, 0.3) is 5.57 Å². The summed E-state index contributed by atoms with van der Waals surface area (Å²) in [5, 5.41) is 0. The lowest BCUT2D eigenvalue weighted by Crippen LogP contribution is -2.47. The molecule has 1 amide bonds. The Kier molecular flexibility index (Phi) is 4.64. The summed E-state index contributed by atoms with van der Waals surface area (Å²) in [6, 6.07) is 7.35. The first kappa shape index (κ1) is 17.0. The van der Waals surface area contributed by atoms with E-state index in [2.05, 4.69) is 0 Å². The van der Waals surface area contributed by atoms with Gasteiger partial charge in [0.05, 0.1) is 18.8 Å². The lowest BCUT2D eigenvalue weighted by atomic mass is 10.0. The van der Waals surface area contributed by atoms with Gasteiger partial charge in [-0.05, 0) is 5.56 Å². The van der Waals surface area contributed by atoms with E-state index in [9.17, 15) is 18.0 Å². The SMILES string of the molecule is O=C(C=C(c1ccccc1)C(F)(F)F)N1CCC2(CC1)OCCO2. The molecule has 0 aromatic heterocycles. The number of likely N-dealkylation sites (tertiary alicyclic amines) is 1. The van der Waals surface area contributed by atoms with E-state index in [4.69, 9.17) is 9.47 Å². The smallest absolute Gasteiger partial charge is 0.347 e. The lowest BCUT2D eigenvalue weighted by Gasteiger charge is -2.37. The van der Waals surface area contributed by atoms with Crippen molar-refractivity contribution in [3.05, 3.63) is 42.0 Å². The second kappa shape index (κ2) is 6.57. The van der Waals surface area contributed by atoms with Gasteiger partial charge in [-0.1, -0.05) is 30.3 Å². The number of ether oxygens (including phenoxy) is 2. The quantitative estimate of drug-likeness (QED) is 0.777. The Hall–Kier alpha value is -1.86. The molecule has 0 radical (unpaired) electrons. The number of nitrogens with zero attached hydrogens (tertiary/aromatic N) is 1. The summed E-state index contributed by atoms with van der Waals surface area (Å²) >= 11 is 0. The maximum Gasteiger partial charge on any atom is 0.417 e. The third kappa shape index (κ3) is 3.62. The molecule has 1 aromatic rings. The zero-order valence-corrected chi connectivity index (χ0v) is 13.0. The third-order valence-electron chi connectivity index (χ3n) is 4.31. The number of alkyl halides is 3. The summed E-state index contributed by atoms with van der Waals surface area (Å²) in [5.74, 6) is -1.30. The Morgan fingerprint density at radius 1 is 1.08 bits per heavy atom. The van der Waals surface area contributed by atoms with E-state index in [0.717, 1.165) is 0 Å². The van der Waals surface area contributed by atoms with Crippen LogP contribution in [0.4, 0.5) is 13.2 Å². The highest BCUT2D eigenvalue weighted by atomic mass is 19.4. The number of carbonyl (C=O) groups is 1. The molecule has 2 aliphatic rings. The van der Waals surface area contributed by atoms with Crippen molar-refractivity contribution in [1.29, 1.82) is 0 Å². The number of hydrogen-bond donors (Lipinski definition) is 0. The Morgan fingerprint density at radius 3 is 2.21 bits per heavy atom. The van der Waals surface area contributed by atoms with Crippen LogP contribution >= 0.6 is 0 Å². The number of allylic oxidation sites excluding steroid dienone is 1. The molecule has 2 fully saturated rings. The van der Waals surface area contributed by atoms with Crippen LogP contribution in [-0.2, 0) is 14.3 Å². The van der Waals surface area contributed by atoms with Gasteiger partial charge < -0.3 is 14.4 Å². The summed E-state index contributed by atoms with van der Waals surface area (Å²) in [5.41, 5.74) is -0.948. The molecule has 3 rings (SSSR count). The number of carbonyl (C=O) groups excluding carboxylic acids is 1. The Bertz CT molecular complexity index is 612. The summed E-state index contributed by atoms with van der Waals surface area (Å²) in [6.07, 6.45) is -2.96. The van der Waals surface area contributed by atoms with Crippen LogP contribution in [0.15, 0.2) is 36.4 Å². The predicted molar refractivity (Wildman–Crippen MR) is 80.9 cm³/mol. The normalized spacial score (nSPS) is 21.3. The number of hydrogen-bond acceptors (Lipinski definition) is 3. The lowest BCUT2D eigenvalue weighted by molar-refractivity contribution is -0.186. The fraction of sp³-hybridized carbons (Fsp3) is 0.471. The van der Waals surface area contributed by atoms with Crippen molar-refractivity contribution in [2.75, 3.05) is 26.3 Å². The summed E-state index contributed by atoms with van der Waals surface area (Å²) in [4.78, 5) is 13.7. The highest BCUT2D eigenvalue weighted by Crippen LogP contribution is 2.35.